The van der Waals surface area contributed by atoms with Gasteiger partial charge < -0.3 is 15.2 Å². The van der Waals surface area contributed by atoms with Gasteiger partial charge in [0.25, 0.3) is 0 Å². The molecule has 0 radical (unpaired) electrons. The van der Waals surface area contributed by atoms with E-state index in [1.54, 1.807) is 0 Å². The van der Waals surface area contributed by atoms with Crippen molar-refractivity contribution in [3.05, 3.63) is 60.8 Å². The second-order valence-electron chi connectivity index (χ2n) is 6.22. The molecule has 1 atom stereocenters. The lowest BCUT2D eigenvalue weighted by Crippen LogP contribution is -2.37. The van der Waals surface area contributed by atoms with Gasteiger partial charge in [-0.05, 0) is 24.3 Å². The molecule has 0 saturated carbocycles. The molecule has 0 bridgehead atoms. The lowest BCUT2D eigenvalue weighted by molar-refractivity contribution is 0.458. The van der Waals surface area contributed by atoms with Gasteiger partial charge in [0.1, 0.15) is 0 Å². The normalized spacial score (nSPS) is 19.1. The number of aromatic amines is 1. The number of rotatable bonds is 2. The quantitative estimate of drug-likeness (QED) is 0.758. The lowest BCUT2D eigenvalue weighted by atomic mass is 10.1. The smallest absolute Gasteiger partial charge is 0.173 e. The minimum Gasteiger partial charge on any atom is -0.361 e. The fourth-order valence-corrected chi connectivity index (χ4v) is 3.33. The van der Waals surface area contributed by atoms with E-state index in [1.165, 1.54) is 0 Å². The summed E-state index contributed by atoms with van der Waals surface area (Å²) in [6.07, 6.45) is 9.66. The van der Waals surface area contributed by atoms with Crippen molar-refractivity contribution in [3.63, 3.8) is 0 Å². The van der Waals surface area contributed by atoms with E-state index in [0.717, 1.165) is 33.8 Å². The van der Waals surface area contributed by atoms with Crippen molar-refractivity contribution in [3.8, 4) is 0 Å². The molecule has 1 aromatic carbocycles. The first-order valence-electron chi connectivity index (χ1n) is 8.18. The Labute approximate surface area is 144 Å². The van der Waals surface area contributed by atoms with Crippen molar-refractivity contribution in [2.45, 2.75) is 6.04 Å². The number of H-pyrrole nitrogens is 1. The van der Waals surface area contributed by atoms with Gasteiger partial charge in [-0.25, -0.2) is 4.99 Å². The molecule has 7 nitrogen and oxygen atoms in total. The van der Waals surface area contributed by atoms with Gasteiger partial charge in [-0.2, -0.15) is 5.10 Å². The Morgan fingerprint density at radius 2 is 2.24 bits per heavy atom. The zero-order valence-electron chi connectivity index (χ0n) is 13.7. The van der Waals surface area contributed by atoms with Crippen LogP contribution in [0.5, 0.6) is 0 Å². The largest absolute Gasteiger partial charge is 0.361 e. The Morgan fingerprint density at radius 3 is 3.12 bits per heavy atom. The number of amidine groups is 2. The topological polar surface area (TPSA) is 73.6 Å². The molecule has 2 aliphatic heterocycles. The molecule has 0 saturated heterocycles. The minimum absolute atomic E-state index is 0.166. The average molecular weight is 331 g/mol. The van der Waals surface area contributed by atoms with E-state index in [4.69, 9.17) is 4.99 Å². The van der Waals surface area contributed by atoms with E-state index in [0.29, 0.717) is 6.54 Å². The summed E-state index contributed by atoms with van der Waals surface area (Å²) in [4.78, 5) is 14.6. The van der Waals surface area contributed by atoms with Crippen molar-refractivity contribution in [1.29, 1.82) is 0 Å². The summed E-state index contributed by atoms with van der Waals surface area (Å²) in [5.41, 5.74) is 3.27. The van der Waals surface area contributed by atoms with Crippen molar-refractivity contribution in [2.75, 3.05) is 11.9 Å². The lowest BCUT2D eigenvalue weighted by Gasteiger charge is -2.26. The molecular weight excluding hydrogens is 314 g/mol. The first kappa shape index (κ1) is 14.0. The van der Waals surface area contributed by atoms with Crippen LogP contribution >= 0.6 is 0 Å². The Balaban J connectivity index is 1.41. The summed E-state index contributed by atoms with van der Waals surface area (Å²) in [6.45, 7) is 0.697. The molecule has 3 aromatic rings. The summed E-state index contributed by atoms with van der Waals surface area (Å²) in [5, 5.41) is 8.84. The third-order valence-corrected chi connectivity index (χ3v) is 4.56. The van der Waals surface area contributed by atoms with Crippen LogP contribution in [0.1, 0.15) is 11.6 Å². The molecule has 0 amide bonds. The molecule has 0 aliphatic carbocycles. The number of aromatic nitrogens is 3. The first-order chi connectivity index (χ1) is 12.3. The highest BCUT2D eigenvalue weighted by atomic mass is 15.3. The number of anilines is 1. The fourth-order valence-electron chi connectivity index (χ4n) is 3.33. The maximum atomic E-state index is 4.71. The van der Waals surface area contributed by atoms with Crippen LogP contribution in [-0.2, 0) is 7.05 Å². The standard InChI is InChI=1S/C18H17N7/c1-24-11-13(9-22-24)16-10-21-18-17(20-6-7-25(16)18)23-14-2-3-15-12(8-14)4-5-19-15/h2-9,11,16,19H,10H2,1H3,(H,20,23). The summed E-state index contributed by atoms with van der Waals surface area (Å²) in [5.74, 6) is 1.63. The predicted molar refractivity (Wildman–Crippen MR) is 98.6 cm³/mol. The third kappa shape index (κ3) is 2.32. The molecule has 4 heterocycles. The van der Waals surface area contributed by atoms with Crippen LogP contribution in [0.25, 0.3) is 10.9 Å². The molecule has 2 N–H and O–H groups in total. The second-order valence-corrected chi connectivity index (χ2v) is 6.22. The maximum absolute atomic E-state index is 4.71. The minimum atomic E-state index is 0.166. The highest BCUT2D eigenvalue weighted by molar-refractivity contribution is 6.45. The Morgan fingerprint density at radius 1 is 1.28 bits per heavy atom. The first-order valence-corrected chi connectivity index (χ1v) is 8.18. The van der Waals surface area contributed by atoms with Gasteiger partial charge in [0.2, 0.25) is 0 Å². The number of nitrogens with one attached hydrogen (secondary N) is 2. The molecule has 0 spiro atoms. The monoisotopic (exact) mass is 331 g/mol. The Hall–Kier alpha value is -3.35. The SMILES string of the molecule is Cn1cc(C2CN=C3C(Nc4ccc5[nH]ccc5c4)=NC=CN32)cn1. The number of hydrogen-bond donors (Lipinski definition) is 2. The van der Waals surface area contributed by atoms with Gasteiger partial charge in [-0.15, -0.1) is 0 Å². The van der Waals surface area contributed by atoms with Crippen molar-refractivity contribution >= 4 is 28.3 Å². The van der Waals surface area contributed by atoms with E-state index in [9.17, 15) is 0 Å². The van der Waals surface area contributed by atoms with Crippen LogP contribution in [0.15, 0.2) is 65.2 Å². The zero-order chi connectivity index (χ0) is 16.8. The molecule has 5 rings (SSSR count). The Bertz CT molecular complexity index is 1040. The summed E-state index contributed by atoms with van der Waals surface area (Å²) < 4.78 is 1.82. The van der Waals surface area contributed by atoms with Crippen LogP contribution in [-0.4, -0.2) is 37.9 Å². The number of aliphatic imine (C=N–C) groups is 2. The molecule has 7 heteroatoms. The van der Waals surface area contributed by atoms with E-state index >= 15 is 0 Å². The van der Waals surface area contributed by atoms with Crippen molar-refractivity contribution in [2.24, 2.45) is 17.0 Å². The fraction of sp³-hybridized carbons (Fsp3) is 0.167. The van der Waals surface area contributed by atoms with Gasteiger partial charge in [-0.3, -0.25) is 9.67 Å². The molecule has 1 unspecified atom stereocenters. The molecule has 0 fully saturated rings. The summed E-state index contributed by atoms with van der Waals surface area (Å²) in [7, 11) is 1.93. The third-order valence-electron chi connectivity index (χ3n) is 4.56. The maximum Gasteiger partial charge on any atom is 0.173 e. The van der Waals surface area contributed by atoms with Crippen LogP contribution in [0.3, 0.4) is 0 Å². The van der Waals surface area contributed by atoms with Gasteiger partial charge in [-0.1, -0.05) is 0 Å². The molecular formula is C18H17N7. The van der Waals surface area contributed by atoms with Crippen LogP contribution < -0.4 is 5.32 Å². The van der Waals surface area contributed by atoms with Crippen molar-refractivity contribution in [1.82, 2.24) is 19.7 Å². The van der Waals surface area contributed by atoms with Gasteiger partial charge in [0.15, 0.2) is 11.7 Å². The second kappa shape index (κ2) is 5.34. The van der Waals surface area contributed by atoms with Gasteiger partial charge in [0.05, 0.1) is 18.8 Å². The number of aryl methyl sites for hydroxylation is 1. The highest BCUT2D eigenvalue weighted by Crippen LogP contribution is 2.29. The molecule has 124 valence electrons. The molecule has 2 aromatic heterocycles. The van der Waals surface area contributed by atoms with Crippen molar-refractivity contribution < 1.29 is 0 Å². The predicted octanol–water partition coefficient (Wildman–Crippen LogP) is 2.65. The van der Waals surface area contributed by atoms with Crippen LogP contribution in [0, 0.1) is 0 Å². The number of fused-ring (bicyclic) bond motifs is 2. The van der Waals surface area contributed by atoms with Gasteiger partial charge in [0, 0.05) is 54.0 Å². The number of hydrogen-bond acceptors (Lipinski definition) is 5. The van der Waals surface area contributed by atoms with E-state index in [-0.39, 0.29) is 6.04 Å². The number of nitrogens with zero attached hydrogens (tertiary/aromatic N) is 5. The molecule has 2 aliphatic rings. The highest BCUT2D eigenvalue weighted by Gasteiger charge is 2.32. The van der Waals surface area contributed by atoms with E-state index < -0.39 is 0 Å². The average Bonchev–Trinajstić information content (AvgIpc) is 3.33. The summed E-state index contributed by atoms with van der Waals surface area (Å²) in [6, 6.07) is 8.42. The number of benzene rings is 1. The van der Waals surface area contributed by atoms with E-state index in [2.05, 4.69) is 43.5 Å². The van der Waals surface area contributed by atoms with E-state index in [1.807, 2.05) is 48.8 Å². The Kier molecular flexibility index (Phi) is 3.00. The van der Waals surface area contributed by atoms with Gasteiger partial charge >= 0.3 is 0 Å². The zero-order valence-corrected chi connectivity index (χ0v) is 13.7. The van der Waals surface area contributed by atoms with Crippen LogP contribution in [0.4, 0.5) is 5.69 Å². The molecule has 25 heavy (non-hydrogen) atoms. The van der Waals surface area contributed by atoms with Crippen LogP contribution in [0.2, 0.25) is 0 Å². The summed E-state index contributed by atoms with van der Waals surface area (Å²) >= 11 is 0.